The first-order valence-electron chi connectivity index (χ1n) is 12.2. The molecule has 1 aliphatic rings. The molecule has 4 rings (SSSR count). The van der Waals surface area contributed by atoms with Crippen LogP contribution in [0.25, 0.3) is 11.1 Å². The molecule has 1 N–H and O–H groups in total. The number of anilines is 1. The summed E-state index contributed by atoms with van der Waals surface area (Å²) in [4.78, 5) is 0.666. The van der Waals surface area contributed by atoms with E-state index in [-0.39, 0.29) is 16.9 Å². The highest BCUT2D eigenvalue weighted by Crippen LogP contribution is 2.50. The Labute approximate surface area is 232 Å². The standard InChI is InChI=1S/C27H26F6N2O5S/c1-35-12-11-18(15-35)40-21-13-17(9-10-20(21)26(28,29)30)34-41(36,37)25-19(16-7-5-4-6-8-16)14-22(38-2)24(39-3)23(25)27(31,32)33/h4-10,13-14,18,34H,11-12,15H2,1-3H3/t18-/m1/s1. The van der Waals surface area contributed by atoms with Crippen molar-refractivity contribution in [2.75, 3.05) is 39.1 Å². The maximum absolute atomic E-state index is 14.5. The summed E-state index contributed by atoms with van der Waals surface area (Å²) in [5.74, 6) is -1.89. The van der Waals surface area contributed by atoms with Gasteiger partial charge in [-0.15, -0.1) is 0 Å². The zero-order valence-electron chi connectivity index (χ0n) is 22.1. The van der Waals surface area contributed by atoms with Crippen LogP contribution < -0.4 is 18.9 Å². The Hall–Kier alpha value is -3.65. The number of ether oxygens (including phenoxy) is 3. The average Bonchev–Trinajstić information content (AvgIpc) is 3.30. The number of rotatable bonds is 8. The highest BCUT2D eigenvalue weighted by atomic mass is 32.2. The molecule has 222 valence electrons. The summed E-state index contributed by atoms with van der Waals surface area (Å²) in [5.41, 5.74) is -3.46. The highest BCUT2D eigenvalue weighted by Gasteiger charge is 2.44. The Balaban J connectivity index is 1.89. The van der Waals surface area contributed by atoms with Crippen molar-refractivity contribution in [3.63, 3.8) is 0 Å². The number of benzene rings is 3. The molecule has 14 heteroatoms. The molecule has 3 aromatic carbocycles. The molecular formula is C27H26F6N2O5S. The molecule has 1 fully saturated rings. The molecule has 1 saturated heterocycles. The number of sulfonamides is 1. The fraction of sp³-hybridized carbons (Fsp3) is 0.333. The molecule has 0 amide bonds. The van der Waals surface area contributed by atoms with E-state index >= 15 is 0 Å². The van der Waals surface area contributed by atoms with Gasteiger partial charge in [0.1, 0.15) is 22.3 Å². The first-order chi connectivity index (χ1) is 19.2. The molecule has 0 spiro atoms. The Morgan fingerprint density at radius 2 is 1.59 bits per heavy atom. The van der Waals surface area contributed by atoms with Crippen molar-refractivity contribution in [2.24, 2.45) is 0 Å². The number of methoxy groups -OCH3 is 2. The molecule has 0 aliphatic carbocycles. The van der Waals surface area contributed by atoms with E-state index in [1.54, 1.807) is 13.1 Å². The fourth-order valence-electron chi connectivity index (χ4n) is 4.64. The van der Waals surface area contributed by atoms with Crippen molar-refractivity contribution in [3.05, 3.63) is 65.7 Å². The number of nitrogens with zero attached hydrogens (tertiary/aromatic N) is 1. The Kier molecular flexibility index (Phi) is 8.37. The minimum atomic E-state index is -5.24. The molecule has 0 radical (unpaired) electrons. The number of likely N-dealkylation sites (N-methyl/N-ethyl adjacent to an activating group) is 1. The predicted octanol–water partition coefficient (Wildman–Crippen LogP) is 6.29. The van der Waals surface area contributed by atoms with E-state index in [4.69, 9.17) is 14.2 Å². The summed E-state index contributed by atoms with van der Waals surface area (Å²) >= 11 is 0. The van der Waals surface area contributed by atoms with E-state index in [1.807, 2.05) is 9.62 Å². The highest BCUT2D eigenvalue weighted by molar-refractivity contribution is 7.93. The van der Waals surface area contributed by atoms with Crippen molar-refractivity contribution in [3.8, 4) is 28.4 Å². The second-order valence-corrected chi connectivity index (χ2v) is 11.0. The van der Waals surface area contributed by atoms with Gasteiger partial charge in [0.05, 0.1) is 25.5 Å². The number of alkyl halides is 6. The lowest BCUT2D eigenvalue weighted by molar-refractivity contribution is -0.141. The van der Waals surface area contributed by atoms with Crippen molar-refractivity contribution in [2.45, 2.75) is 29.8 Å². The lowest BCUT2D eigenvalue weighted by atomic mass is 10.0. The van der Waals surface area contributed by atoms with Crippen LogP contribution in [0, 0.1) is 0 Å². The summed E-state index contributed by atoms with van der Waals surface area (Å²) in [5, 5.41) is 0. The van der Waals surface area contributed by atoms with E-state index in [0.29, 0.717) is 25.6 Å². The molecule has 7 nitrogen and oxygen atoms in total. The molecule has 1 atom stereocenters. The summed E-state index contributed by atoms with van der Waals surface area (Å²) in [7, 11) is -1.32. The van der Waals surface area contributed by atoms with Gasteiger partial charge >= 0.3 is 12.4 Å². The molecule has 1 aliphatic heterocycles. The van der Waals surface area contributed by atoms with E-state index < -0.39 is 61.7 Å². The molecule has 0 unspecified atom stereocenters. The first kappa shape index (κ1) is 30.3. The quantitative estimate of drug-likeness (QED) is 0.305. The molecule has 0 saturated carbocycles. The van der Waals surface area contributed by atoms with Gasteiger partial charge in [0.25, 0.3) is 10.0 Å². The van der Waals surface area contributed by atoms with Gasteiger partial charge in [0.15, 0.2) is 11.5 Å². The molecule has 0 aromatic heterocycles. The van der Waals surface area contributed by atoms with Crippen LogP contribution in [0.2, 0.25) is 0 Å². The Bertz CT molecular complexity index is 1510. The van der Waals surface area contributed by atoms with E-state index in [0.717, 1.165) is 32.4 Å². The summed E-state index contributed by atoms with van der Waals surface area (Å²) in [6.45, 7) is 0.925. The van der Waals surface area contributed by atoms with Gasteiger partial charge in [0.2, 0.25) is 0 Å². The van der Waals surface area contributed by atoms with Crippen LogP contribution in [0.1, 0.15) is 17.5 Å². The average molecular weight is 605 g/mol. The van der Waals surface area contributed by atoms with Gasteiger partial charge in [-0.1, -0.05) is 30.3 Å². The minimum Gasteiger partial charge on any atom is -0.493 e. The van der Waals surface area contributed by atoms with Crippen molar-refractivity contribution in [1.29, 1.82) is 0 Å². The number of halogens is 6. The zero-order valence-corrected chi connectivity index (χ0v) is 22.9. The van der Waals surface area contributed by atoms with Crippen LogP contribution >= 0.6 is 0 Å². The van der Waals surface area contributed by atoms with Gasteiger partial charge in [-0.3, -0.25) is 4.72 Å². The second-order valence-electron chi connectivity index (χ2n) is 9.33. The summed E-state index contributed by atoms with van der Waals surface area (Å²) in [6.07, 6.45) is -10.2. The van der Waals surface area contributed by atoms with Gasteiger partial charge in [-0.05, 0) is 37.2 Å². The minimum absolute atomic E-state index is 0.112. The maximum atomic E-state index is 14.5. The fourth-order valence-corrected chi connectivity index (χ4v) is 6.12. The van der Waals surface area contributed by atoms with Crippen molar-refractivity contribution >= 4 is 15.7 Å². The third-order valence-corrected chi connectivity index (χ3v) is 7.91. The van der Waals surface area contributed by atoms with Gasteiger partial charge in [-0.2, -0.15) is 26.3 Å². The number of likely N-dealkylation sites (tertiary alicyclic amines) is 1. The number of hydrogen-bond acceptors (Lipinski definition) is 6. The van der Waals surface area contributed by atoms with Crippen LogP contribution in [-0.4, -0.2) is 53.8 Å². The second kappa shape index (κ2) is 11.3. The molecule has 0 bridgehead atoms. The molecule has 41 heavy (non-hydrogen) atoms. The van der Waals surface area contributed by atoms with Crippen LogP contribution in [0.15, 0.2) is 59.5 Å². The van der Waals surface area contributed by atoms with Gasteiger partial charge in [-0.25, -0.2) is 8.42 Å². The van der Waals surface area contributed by atoms with Crippen molar-refractivity contribution < 1.29 is 49.0 Å². The van der Waals surface area contributed by atoms with Gasteiger partial charge in [0, 0.05) is 24.7 Å². The lowest BCUT2D eigenvalue weighted by Gasteiger charge is -2.23. The lowest BCUT2D eigenvalue weighted by Crippen LogP contribution is -2.23. The third kappa shape index (κ3) is 6.48. The largest absolute Gasteiger partial charge is 0.493 e. The maximum Gasteiger partial charge on any atom is 0.421 e. The van der Waals surface area contributed by atoms with Crippen molar-refractivity contribution in [1.82, 2.24) is 4.90 Å². The van der Waals surface area contributed by atoms with E-state index in [1.165, 1.54) is 24.3 Å². The summed E-state index contributed by atoms with van der Waals surface area (Å²) < 4.78 is 130. The van der Waals surface area contributed by atoms with Crippen LogP contribution in [0.4, 0.5) is 32.0 Å². The topological polar surface area (TPSA) is 77.1 Å². The monoisotopic (exact) mass is 604 g/mol. The number of nitrogens with one attached hydrogen (secondary N) is 1. The SMILES string of the molecule is COc1cc(-c2ccccc2)c(S(=O)(=O)Nc2ccc(C(F)(F)F)c(O[C@@H]3CCN(C)C3)c2)c(C(F)(F)F)c1OC. The van der Waals surface area contributed by atoms with Crippen LogP contribution in [-0.2, 0) is 22.4 Å². The van der Waals surface area contributed by atoms with E-state index in [9.17, 15) is 34.8 Å². The van der Waals surface area contributed by atoms with Crippen LogP contribution in [0.5, 0.6) is 17.2 Å². The molecule has 3 aromatic rings. The van der Waals surface area contributed by atoms with Gasteiger partial charge < -0.3 is 19.1 Å². The zero-order chi connectivity index (χ0) is 30.2. The van der Waals surface area contributed by atoms with E-state index in [2.05, 4.69) is 0 Å². The smallest absolute Gasteiger partial charge is 0.421 e. The predicted molar refractivity (Wildman–Crippen MR) is 139 cm³/mol. The molecule has 1 heterocycles. The summed E-state index contributed by atoms with van der Waals surface area (Å²) in [6, 6.07) is 10.7. The molecular weight excluding hydrogens is 578 g/mol. The Morgan fingerprint density at radius 1 is 0.902 bits per heavy atom. The normalized spacial score (nSPS) is 16.5. The van der Waals surface area contributed by atoms with Crippen LogP contribution in [0.3, 0.4) is 0 Å². The number of hydrogen-bond donors (Lipinski definition) is 1. The Morgan fingerprint density at radius 3 is 2.12 bits per heavy atom. The third-order valence-electron chi connectivity index (χ3n) is 6.44. The first-order valence-corrected chi connectivity index (χ1v) is 13.6.